The molecule has 1 saturated heterocycles. The number of likely N-dealkylation sites (tertiary alicyclic amines) is 1. The van der Waals surface area contributed by atoms with Gasteiger partial charge in [-0.05, 0) is 13.5 Å². The summed E-state index contributed by atoms with van der Waals surface area (Å²) in [5.74, 6) is 0. The minimum Gasteiger partial charge on any atom is -0.303 e. The summed E-state index contributed by atoms with van der Waals surface area (Å²) in [4.78, 5) is 2.00. The van der Waals surface area contributed by atoms with Gasteiger partial charge in [0.05, 0.1) is 0 Å². The van der Waals surface area contributed by atoms with Crippen molar-refractivity contribution in [3.05, 3.63) is 0 Å². The molecule has 1 heterocycles. The lowest BCUT2D eigenvalue weighted by Gasteiger charge is -2.01. The molecule has 1 aliphatic heterocycles. The van der Waals surface area contributed by atoms with Crippen molar-refractivity contribution in [2.45, 2.75) is 26.4 Å². The molecule has 1 aliphatic rings. The van der Waals surface area contributed by atoms with Crippen LogP contribution in [0.1, 0.15) is 20.3 Å². The molecule has 0 N–H and O–H groups in total. The molecule has 9 heavy (non-hydrogen) atoms. The summed E-state index contributed by atoms with van der Waals surface area (Å²) in [5, 5.41) is 0. The van der Waals surface area contributed by atoms with Crippen LogP contribution in [0, 0.1) is 0 Å². The van der Waals surface area contributed by atoms with Gasteiger partial charge in [-0.2, -0.15) is 0 Å². The van der Waals surface area contributed by atoms with Crippen LogP contribution in [0.3, 0.4) is 0 Å². The van der Waals surface area contributed by atoms with Crippen LogP contribution >= 0.6 is 0 Å². The molecule has 0 amide bonds. The van der Waals surface area contributed by atoms with Gasteiger partial charge < -0.3 is 4.90 Å². The number of rotatable bonds is 0. The minimum atomic E-state index is -0.551. The fourth-order valence-corrected chi connectivity index (χ4v) is 0.881. The average molecular weight is 133 g/mol. The lowest BCUT2D eigenvalue weighted by molar-refractivity contribution is 0.321. The quantitative estimate of drug-likeness (QED) is 0.486. The van der Waals surface area contributed by atoms with Gasteiger partial charge in [-0.3, -0.25) is 0 Å². The van der Waals surface area contributed by atoms with E-state index < -0.39 is 6.17 Å². The first-order valence-electron chi connectivity index (χ1n) is 3.61. The van der Waals surface area contributed by atoms with Crippen molar-refractivity contribution in [2.75, 3.05) is 20.1 Å². The molecule has 1 atom stereocenters. The van der Waals surface area contributed by atoms with Crippen molar-refractivity contribution in [2.24, 2.45) is 0 Å². The summed E-state index contributed by atoms with van der Waals surface area (Å²) in [7, 11) is 1.94. The Labute approximate surface area is 56.9 Å². The summed E-state index contributed by atoms with van der Waals surface area (Å²) >= 11 is 0. The van der Waals surface area contributed by atoms with Gasteiger partial charge in [-0.25, -0.2) is 4.39 Å². The maximum absolute atomic E-state index is 12.1. The summed E-state index contributed by atoms with van der Waals surface area (Å²) in [6.07, 6.45) is 0.182. The highest BCUT2D eigenvalue weighted by Gasteiger charge is 2.17. The van der Waals surface area contributed by atoms with Crippen LogP contribution in [-0.2, 0) is 0 Å². The molecule has 0 aromatic rings. The van der Waals surface area contributed by atoms with Gasteiger partial charge >= 0.3 is 0 Å². The SMILES string of the molecule is CC.CN1CCC(F)C1. The second-order valence-electron chi connectivity index (χ2n) is 2.15. The minimum absolute atomic E-state index is 0.551. The van der Waals surface area contributed by atoms with Crippen LogP contribution in [-0.4, -0.2) is 31.2 Å². The molecule has 0 aromatic heterocycles. The van der Waals surface area contributed by atoms with Gasteiger partial charge in [0.2, 0.25) is 0 Å². The molecule has 0 aliphatic carbocycles. The number of nitrogens with zero attached hydrogens (tertiary/aromatic N) is 1. The lowest BCUT2D eigenvalue weighted by atomic mass is 10.4. The molecule has 1 nitrogen and oxygen atoms in total. The largest absolute Gasteiger partial charge is 0.303 e. The zero-order valence-corrected chi connectivity index (χ0v) is 6.52. The first-order chi connectivity index (χ1) is 4.29. The van der Waals surface area contributed by atoms with Crippen LogP contribution in [0.5, 0.6) is 0 Å². The third kappa shape index (κ3) is 3.46. The Morgan fingerprint density at radius 3 is 2.11 bits per heavy atom. The summed E-state index contributed by atoms with van der Waals surface area (Å²) in [6, 6.07) is 0. The van der Waals surface area contributed by atoms with E-state index >= 15 is 0 Å². The Morgan fingerprint density at radius 2 is 2.00 bits per heavy atom. The zero-order chi connectivity index (χ0) is 7.28. The lowest BCUT2D eigenvalue weighted by Crippen LogP contribution is -2.13. The van der Waals surface area contributed by atoms with E-state index in [1.165, 1.54) is 0 Å². The van der Waals surface area contributed by atoms with Crippen molar-refractivity contribution in [3.8, 4) is 0 Å². The van der Waals surface area contributed by atoms with Gasteiger partial charge in [0, 0.05) is 13.1 Å². The second kappa shape index (κ2) is 4.74. The zero-order valence-electron chi connectivity index (χ0n) is 6.52. The summed E-state index contributed by atoms with van der Waals surface area (Å²) in [6.45, 7) is 5.57. The van der Waals surface area contributed by atoms with Crippen molar-refractivity contribution in [3.63, 3.8) is 0 Å². The van der Waals surface area contributed by atoms with E-state index in [9.17, 15) is 4.39 Å². The van der Waals surface area contributed by atoms with E-state index in [1.807, 2.05) is 25.8 Å². The van der Waals surface area contributed by atoms with Crippen molar-refractivity contribution in [1.82, 2.24) is 4.90 Å². The smallest absolute Gasteiger partial charge is 0.114 e. The Hall–Kier alpha value is -0.110. The van der Waals surface area contributed by atoms with E-state index in [2.05, 4.69) is 0 Å². The summed E-state index contributed by atoms with van der Waals surface area (Å²) in [5.41, 5.74) is 0. The molecule has 0 radical (unpaired) electrons. The molecule has 1 fully saturated rings. The fraction of sp³-hybridized carbons (Fsp3) is 1.00. The van der Waals surface area contributed by atoms with Gasteiger partial charge in [0.1, 0.15) is 6.17 Å². The highest BCUT2D eigenvalue weighted by Crippen LogP contribution is 2.08. The van der Waals surface area contributed by atoms with Gasteiger partial charge in [-0.1, -0.05) is 13.8 Å². The molecule has 0 saturated carbocycles. The van der Waals surface area contributed by atoms with Crippen LogP contribution in [0.15, 0.2) is 0 Å². The topological polar surface area (TPSA) is 3.24 Å². The van der Waals surface area contributed by atoms with E-state index in [0.29, 0.717) is 6.54 Å². The third-order valence-corrected chi connectivity index (χ3v) is 1.33. The standard InChI is InChI=1S/C5H10FN.C2H6/c1-7-3-2-5(6)4-7;1-2/h5H,2-4H2,1H3;1-2H3. The molecule has 0 aromatic carbocycles. The normalized spacial score (nSPS) is 27.3. The highest BCUT2D eigenvalue weighted by molar-refractivity contribution is 4.70. The number of alkyl halides is 1. The van der Waals surface area contributed by atoms with Crippen LogP contribution in [0.25, 0.3) is 0 Å². The maximum atomic E-state index is 12.1. The molecule has 2 heteroatoms. The monoisotopic (exact) mass is 133 g/mol. The first kappa shape index (κ1) is 8.89. The third-order valence-electron chi connectivity index (χ3n) is 1.33. The van der Waals surface area contributed by atoms with Crippen LogP contribution < -0.4 is 0 Å². The second-order valence-corrected chi connectivity index (χ2v) is 2.15. The van der Waals surface area contributed by atoms with E-state index in [0.717, 1.165) is 13.0 Å². The Morgan fingerprint density at radius 1 is 1.44 bits per heavy atom. The molecule has 1 rings (SSSR count). The van der Waals surface area contributed by atoms with E-state index in [-0.39, 0.29) is 0 Å². The molecular weight excluding hydrogens is 117 g/mol. The predicted molar refractivity (Wildman–Crippen MR) is 38.4 cm³/mol. The molecule has 0 spiro atoms. The highest BCUT2D eigenvalue weighted by atomic mass is 19.1. The Kier molecular flexibility index (Phi) is 4.68. The van der Waals surface area contributed by atoms with Crippen molar-refractivity contribution in [1.29, 1.82) is 0 Å². The van der Waals surface area contributed by atoms with Gasteiger partial charge in [-0.15, -0.1) is 0 Å². The van der Waals surface area contributed by atoms with E-state index in [4.69, 9.17) is 0 Å². The van der Waals surface area contributed by atoms with Crippen molar-refractivity contribution < 1.29 is 4.39 Å². The van der Waals surface area contributed by atoms with Crippen molar-refractivity contribution >= 4 is 0 Å². The molecular formula is C7H16FN. The Balaban J connectivity index is 0.000000291. The first-order valence-corrected chi connectivity index (χ1v) is 3.61. The maximum Gasteiger partial charge on any atom is 0.114 e. The van der Waals surface area contributed by atoms with Gasteiger partial charge in [0.25, 0.3) is 0 Å². The number of halogens is 1. The number of hydrogen-bond acceptors (Lipinski definition) is 1. The molecule has 0 bridgehead atoms. The molecule has 1 unspecified atom stereocenters. The Bertz CT molecular complexity index is 57.9. The van der Waals surface area contributed by atoms with Gasteiger partial charge in [0.15, 0.2) is 0 Å². The van der Waals surface area contributed by atoms with E-state index in [1.54, 1.807) is 0 Å². The number of hydrogen-bond donors (Lipinski definition) is 0. The fourth-order valence-electron chi connectivity index (χ4n) is 0.881. The molecule has 56 valence electrons. The van der Waals surface area contributed by atoms with Crippen LogP contribution in [0.2, 0.25) is 0 Å². The average Bonchev–Trinajstić information content (AvgIpc) is 2.20. The predicted octanol–water partition coefficient (Wildman–Crippen LogP) is 1.69. The van der Waals surface area contributed by atoms with Crippen LogP contribution in [0.4, 0.5) is 4.39 Å². The summed E-state index contributed by atoms with van der Waals surface area (Å²) < 4.78 is 12.1.